The molecule has 8 heteroatoms. The molecular formula is C21H22N6O2. The van der Waals surface area contributed by atoms with Gasteiger partial charge >= 0.3 is 0 Å². The van der Waals surface area contributed by atoms with E-state index in [1.807, 2.05) is 55.1 Å². The molecule has 4 rings (SSSR count). The van der Waals surface area contributed by atoms with Crippen molar-refractivity contribution in [2.24, 2.45) is 7.05 Å². The van der Waals surface area contributed by atoms with E-state index in [1.165, 1.54) is 0 Å². The molecule has 0 radical (unpaired) electrons. The van der Waals surface area contributed by atoms with Crippen molar-refractivity contribution in [3.8, 4) is 5.75 Å². The predicted molar refractivity (Wildman–Crippen MR) is 109 cm³/mol. The molecule has 0 saturated heterocycles. The van der Waals surface area contributed by atoms with Crippen LogP contribution in [0.15, 0.2) is 54.9 Å². The fourth-order valence-electron chi connectivity index (χ4n) is 3.40. The van der Waals surface area contributed by atoms with E-state index in [0.717, 1.165) is 17.6 Å². The van der Waals surface area contributed by atoms with E-state index >= 15 is 0 Å². The molecule has 148 valence electrons. The van der Waals surface area contributed by atoms with Gasteiger partial charge in [0.2, 0.25) is 0 Å². The number of hydrogen-bond donors (Lipinski definition) is 1. The largest absolute Gasteiger partial charge is 0.496 e. The molecule has 0 aliphatic carbocycles. The Kier molecular flexibility index (Phi) is 4.99. The highest BCUT2D eigenvalue weighted by atomic mass is 16.5. The van der Waals surface area contributed by atoms with Gasteiger partial charge in [-0.05, 0) is 31.2 Å². The topological polar surface area (TPSA) is 86.9 Å². The van der Waals surface area contributed by atoms with E-state index in [-0.39, 0.29) is 5.91 Å². The first-order valence-electron chi connectivity index (χ1n) is 9.36. The van der Waals surface area contributed by atoms with Crippen LogP contribution in [0.5, 0.6) is 5.75 Å². The molecule has 29 heavy (non-hydrogen) atoms. The average molecular weight is 390 g/mol. The summed E-state index contributed by atoms with van der Waals surface area (Å²) in [5.74, 6) is 1.17. The van der Waals surface area contributed by atoms with E-state index in [1.54, 1.807) is 30.1 Å². The van der Waals surface area contributed by atoms with Crippen LogP contribution >= 0.6 is 0 Å². The summed E-state index contributed by atoms with van der Waals surface area (Å²) in [6.45, 7) is 2.72. The maximum atomic E-state index is 13.1. The Morgan fingerprint density at radius 1 is 1.24 bits per heavy atom. The second kappa shape index (κ2) is 7.75. The van der Waals surface area contributed by atoms with E-state index in [9.17, 15) is 4.79 Å². The Hall–Kier alpha value is -3.68. The van der Waals surface area contributed by atoms with Gasteiger partial charge in [-0.15, -0.1) is 5.10 Å². The number of aromatic nitrogens is 5. The Bertz CT molecular complexity index is 1160. The minimum Gasteiger partial charge on any atom is -0.496 e. The number of hydrogen-bond acceptors (Lipinski definition) is 5. The number of nitrogens with zero attached hydrogens (tertiary/aromatic N) is 5. The molecule has 1 unspecified atom stereocenters. The summed E-state index contributed by atoms with van der Waals surface area (Å²) in [6, 6.07) is 12.5. The van der Waals surface area contributed by atoms with Gasteiger partial charge in [-0.25, -0.2) is 9.67 Å². The third kappa shape index (κ3) is 3.44. The molecule has 0 aliphatic heterocycles. The van der Waals surface area contributed by atoms with Crippen molar-refractivity contribution in [2.75, 3.05) is 7.11 Å². The summed E-state index contributed by atoms with van der Waals surface area (Å²) in [6.07, 6.45) is 3.55. The lowest BCUT2D eigenvalue weighted by atomic mass is 10.0. The van der Waals surface area contributed by atoms with Gasteiger partial charge in [0.05, 0.1) is 12.6 Å². The zero-order chi connectivity index (χ0) is 20.4. The maximum absolute atomic E-state index is 13.1. The molecule has 1 amide bonds. The molecule has 2 aromatic carbocycles. The smallest absolute Gasteiger partial charge is 0.252 e. The molecule has 0 saturated carbocycles. The number of fused-ring (bicyclic) bond motifs is 1. The zero-order valence-electron chi connectivity index (χ0n) is 16.5. The van der Waals surface area contributed by atoms with E-state index in [4.69, 9.17) is 4.74 Å². The second-order valence-corrected chi connectivity index (χ2v) is 6.65. The summed E-state index contributed by atoms with van der Waals surface area (Å²) in [5, 5.41) is 11.4. The van der Waals surface area contributed by atoms with Gasteiger partial charge in [0.25, 0.3) is 5.91 Å². The van der Waals surface area contributed by atoms with Crippen LogP contribution in [-0.4, -0.2) is 37.6 Å². The van der Waals surface area contributed by atoms with Gasteiger partial charge in [0.15, 0.2) is 0 Å². The van der Waals surface area contributed by atoms with Crippen LogP contribution in [0.1, 0.15) is 34.7 Å². The van der Waals surface area contributed by atoms with Gasteiger partial charge in [0, 0.05) is 37.1 Å². The van der Waals surface area contributed by atoms with Crippen LogP contribution in [-0.2, 0) is 13.6 Å². The van der Waals surface area contributed by atoms with Crippen LogP contribution in [0.3, 0.4) is 0 Å². The molecule has 0 spiro atoms. The fourth-order valence-corrected chi connectivity index (χ4v) is 3.40. The van der Waals surface area contributed by atoms with E-state index in [2.05, 4.69) is 20.6 Å². The molecule has 2 heterocycles. The Labute approximate surface area is 168 Å². The number of nitrogens with one attached hydrogen (secondary N) is 1. The van der Waals surface area contributed by atoms with Crippen molar-refractivity contribution in [3.05, 3.63) is 71.8 Å². The quantitative estimate of drug-likeness (QED) is 0.547. The van der Waals surface area contributed by atoms with Crippen molar-refractivity contribution < 1.29 is 9.53 Å². The number of carbonyl (C=O) groups is 1. The number of aryl methyl sites for hydroxylation is 2. The number of para-hydroxylation sites is 1. The predicted octanol–water partition coefficient (Wildman–Crippen LogP) is 2.71. The second-order valence-electron chi connectivity index (χ2n) is 6.65. The van der Waals surface area contributed by atoms with Crippen LogP contribution in [0.4, 0.5) is 0 Å². The summed E-state index contributed by atoms with van der Waals surface area (Å²) in [7, 11) is 3.51. The molecule has 0 bridgehead atoms. The monoisotopic (exact) mass is 390 g/mol. The lowest BCUT2D eigenvalue weighted by Crippen LogP contribution is -2.31. The maximum Gasteiger partial charge on any atom is 0.252 e. The third-order valence-electron chi connectivity index (χ3n) is 4.92. The highest BCUT2D eigenvalue weighted by Crippen LogP contribution is 2.29. The molecule has 0 fully saturated rings. The van der Waals surface area contributed by atoms with Gasteiger partial charge in [0.1, 0.15) is 23.1 Å². The van der Waals surface area contributed by atoms with Crippen molar-refractivity contribution in [1.82, 2.24) is 29.9 Å². The number of ether oxygens (including phenoxy) is 1. The lowest BCUT2D eigenvalue weighted by molar-refractivity contribution is 0.0941. The molecule has 0 aliphatic rings. The zero-order valence-corrected chi connectivity index (χ0v) is 16.5. The molecule has 4 aromatic rings. The van der Waals surface area contributed by atoms with Crippen LogP contribution in [0, 0.1) is 0 Å². The summed E-state index contributed by atoms with van der Waals surface area (Å²) in [4.78, 5) is 17.6. The molecule has 1 N–H and O–H groups in total. The number of rotatable bonds is 6. The minimum atomic E-state index is -0.472. The summed E-state index contributed by atoms with van der Waals surface area (Å²) in [5.41, 5.74) is 2.92. The number of methoxy groups -OCH3 is 1. The fraction of sp³-hybridized carbons (Fsp3) is 0.238. The van der Waals surface area contributed by atoms with Crippen LogP contribution < -0.4 is 10.1 Å². The molecule has 8 nitrogen and oxygen atoms in total. The van der Waals surface area contributed by atoms with Gasteiger partial charge in [-0.3, -0.25) is 4.79 Å². The van der Waals surface area contributed by atoms with Crippen molar-refractivity contribution in [2.45, 2.75) is 19.5 Å². The van der Waals surface area contributed by atoms with Crippen molar-refractivity contribution >= 4 is 16.9 Å². The minimum absolute atomic E-state index is 0.225. The first-order valence-corrected chi connectivity index (χ1v) is 9.36. The Balaban J connectivity index is 1.71. The number of carbonyl (C=O) groups excluding carboxylic acids is 1. The Morgan fingerprint density at radius 2 is 2.07 bits per heavy atom. The SMILES string of the molecule is CCn1nnc2cc(C(=O)NC(c3ccccc3OC)c3nccn3C)ccc21. The summed E-state index contributed by atoms with van der Waals surface area (Å²) >= 11 is 0. The Morgan fingerprint density at radius 3 is 2.79 bits per heavy atom. The molecule has 1 atom stereocenters. The van der Waals surface area contributed by atoms with Crippen LogP contribution in [0.2, 0.25) is 0 Å². The average Bonchev–Trinajstić information content (AvgIpc) is 3.37. The lowest BCUT2D eigenvalue weighted by Gasteiger charge is -2.21. The highest BCUT2D eigenvalue weighted by Gasteiger charge is 2.24. The van der Waals surface area contributed by atoms with E-state index in [0.29, 0.717) is 22.7 Å². The van der Waals surface area contributed by atoms with Crippen molar-refractivity contribution in [1.29, 1.82) is 0 Å². The van der Waals surface area contributed by atoms with Crippen LogP contribution in [0.25, 0.3) is 11.0 Å². The van der Waals surface area contributed by atoms with Gasteiger partial charge < -0.3 is 14.6 Å². The first-order chi connectivity index (χ1) is 14.1. The number of imidazole rings is 1. The van der Waals surface area contributed by atoms with Gasteiger partial charge in [-0.2, -0.15) is 0 Å². The number of amides is 1. The normalized spacial score (nSPS) is 12.1. The summed E-state index contributed by atoms with van der Waals surface area (Å²) < 4.78 is 9.19. The van der Waals surface area contributed by atoms with Gasteiger partial charge in [-0.1, -0.05) is 23.4 Å². The third-order valence-corrected chi connectivity index (χ3v) is 4.92. The number of benzene rings is 2. The molecule has 2 aromatic heterocycles. The van der Waals surface area contributed by atoms with E-state index < -0.39 is 6.04 Å². The molecular weight excluding hydrogens is 368 g/mol. The highest BCUT2D eigenvalue weighted by molar-refractivity contribution is 5.97. The standard InChI is InChI=1S/C21H22N6O2/c1-4-27-17-10-9-14(13-16(17)24-25-27)21(28)23-19(20-22-11-12-26(20)2)15-7-5-6-8-18(15)29-3/h5-13,19H,4H2,1-3H3,(H,23,28). The van der Waals surface area contributed by atoms with Crippen molar-refractivity contribution in [3.63, 3.8) is 0 Å². The first kappa shape index (κ1) is 18.7.